The van der Waals surface area contributed by atoms with Crippen LogP contribution in [0, 0.1) is 5.92 Å². The summed E-state index contributed by atoms with van der Waals surface area (Å²) in [4.78, 5) is 23.1. The Balaban J connectivity index is 1.61. The Morgan fingerprint density at radius 3 is 1.96 bits per heavy atom. The van der Waals surface area contributed by atoms with Crippen LogP contribution < -0.4 is 10.6 Å². The van der Waals surface area contributed by atoms with E-state index in [1.807, 2.05) is 36.4 Å². The number of carbonyl (C=O) groups is 2. The van der Waals surface area contributed by atoms with Crippen molar-refractivity contribution >= 4 is 28.9 Å². The lowest BCUT2D eigenvalue weighted by atomic mass is 10.2. The molecule has 0 radical (unpaired) electrons. The fraction of sp³-hybridized carbons (Fsp3) is 0.222. The molecule has 5 heteroatoms. The zero-order valence-corrected chi connectivity index (χ0v) is 12.8. The van der Waals surface area contributed by atoms with Crippen molar-refractivity contribution in [3.63, 3.8) is 0 Å². The minimum Gasteiger partial charge on any atom is -0.465 e. The number of anilines is 3. The van der Waals surface area contributed by atoms with Crippen LogP contribution in [-0.4, -0.2) is 19.0 Å². The second kappa shape index (κ2) is 6.52. The molecule has 0 atom stereocenters. The lowest BCUT2D eigenvalue weighted by Crippen LogP contribution is -2.13. The molecule has 0 aliphatic heterocycles. The Bertz CT molecular complexity index is 704. The van der Waals surface area contributed by atoms with Gasteiger partial charge in [-0.05, 0) is 61.4 Å². The fourth-order valence-electron chi connectivity index (χ4n) is 2.20. The molecule has 2 N–H and O–H groups in total. The molecular formula is C18H18N2O3. The molecule has 0 heterocycles. The first-order chi connectivity index (χ1) is 11.2. The molecule has 3 rings (SSSR count). The first-order valence-corrected chi connectivity index (χ1v) is 7.52. The van der Waals surface area contributed by atoms with Crippen LogP contribution in [0.25, 0.3) is 0 Å². The first-order valence-electron chi connectivity index (χ1n) is 7.52. The average Bonchev–Trinajstić information content (AvgIpc) is 3.42. The monoisotopic (exact) mass is 310 g/mol. The van der Waals surface area contributed by atoms with E-state index in [1.165, 1.54) is 7.11 Å². The van der Waals surface area contributed by atoms with Crippen molar-refractivity contribution in [1.29, 1.82) is 0 Å². The van der Waals surface area contributed by atoms with Crippen molar-refractivity contribution in [2.45, 2.75) is 12.8 Å². The van der Waals surface area contributed by atoms with Gasteiger partial charge >= 0.3 is 5.97 Å². The highest BCUT2D eigenvalue weighted by Gasteiger charge is 2.29. The Morgan fingerprint density at radius 1 is 0.913 bits per heavy atom. The lowest BCUT2D eigenvalue weighted by Gasteiger charge is -2.09. The Morgan fingerprint density at radius 2 is 1.43 bits per heavy atom. The molecule has 0 saturated heterocycles. The van der Waals surface area contributed by atoms with E-state index in [0.29, 0.717) is 5.56 Å². The Kier molecular flexibility index (Phi) is 4.28. The van der Waals surface area contributed by atoms with Gasteiger partial charge in [0.2, 0.25) is 5.91 Å². The quantitative estimate of drug-likeness (QED) is 0.829. The third-order valence-corrected chi connectivity index (χ3v) is 3.70. The van der Waals surface area contributed by atoms with E-state index in [-0.39, 0.29) is 17.8 Å². The number of esters is 1. The van der Waals surface area contributed by atoms with E-state index < -0.39 is 0 Å². The molecule has 118 valence electrons. The van der Waals surface area contributed by atoms with Crippen molar-refractivity contribution < 1.29 is 14.3 Å². The summed E-state index contributed by atoms with van der Waals surface area (Å²) in [5.74, 6) is -0.0578. The lowest BCUT2D eigenvalue weighted by molar-refractivity contribution is -0.117. The summed E-state index contributed by atoms with van der Waals surface area (Å²) in [5, 5.41) is 6.14. The highest BCUT2D eigenvalue weighted by Crippen LogP contribution is 2.30. The number of hydrogen-bond acceptors (Lipinski definition) is 4. The van der Waals surface area contributed by atoms with Gasteiger partial charge in [-0.2, -0.15) is 0 Å². The molecule has 1 fully saturated rings. The van der Waals surface area contributed by atoms with E-state index in [0.717, 1.165) is 29.9 Å². The number of nitrogens with one attached hydrogen (secondary N) is 2. The molecule has 1 amide bonds. The molecular weight excluding hydrogens is 292 g/mol. The van der Waals surface area contributed by atoms with Crippen LogP contribution in [-0.2, 0) is 9.53 Å². The van der Waals surface area contributed by atoms with E-state index >= 15 is 0 Å². The van der Waals surface area contributed by atoms with Gasteiger partial charge in [-0.1, -0.05) is 0 Å². The molecule has 0 spiro atoms. The number of benzene rings is 2. The molecule has 0 bridgehead atoms. The van der Waals surface area contributed by atoms with Gasteiger partial charge in [0.15, 0.2) is 0 Å². The van der Waals surface area contributed by atoms with Gasteiger partial charge in [0.05, 0.1) is 12.7 Å². The van der Waals surface area contributed by atoms with Crippen LogP contribution in [0.3, 0.4) is 0 Å². The van der Waals surface area contributed by atoms with Crippen molar-refractivity contribution in [3.05, 3.63) is 54.1 Å². The molecule has 2 aromatic rings. The maximum atomic E-state index is 11.7. The second-order valence-corrected chi connectivity index (χ2v) is 5.53. The zero-order valence-electron chi connectivity index (χ0n) is 12.8. The molecule has 5 nitrogen and oxygen atoms in total. The van der Waals surface area contributed by atoms with Gasteiger partial charge < -0.3 is 15.4 Å². The number of methoxy groups -OCH3 is 1. The van der Waals surface area contributed by atoms with E-state index in [2.05, 4.69) is 15.4 Å². The van der Waals surface area contributed by atoms with Crippen LogP contribution in [0.2, 0.25) is 0 Å². The predicted molar refractivity (Wildman–Crippen MR) is 88.9 cm³/mol. The zero-order chi connectivity index (χ0) is 16.2. The summed E-state index contributed by atoms with van der Waals surface area (Å²) in [6.45, 7) is 0. The summed E-state index contributed by atoms with van der Waals surface area (Å²) < 4.78 is 4.67. The Labute approximate surface area is 134 Å². The highest BCUT2D eigenvalue weighted by molar-refractivity contribution is 5.94. The third-order valence-electron chi connectivity index (χ3n) is 3.70. The van der Waals surface area contributed by atoms with Crippen LogP contribution in [0.4, 0.5) is 17.1 Å². The van der Waals surface area contributed by atoms with Crippen LogP contribution in [0.15, 0.2) is 48.5 Å². The highest BCUT2D eigenvalue weighted by atomic mass is 16.5. The van der Waals surface area contributed by atoms with Crippen molar-refractivity contribution in [2.24, 2.45) is 5.92 Å². The molecule has 0 aromatic heterocycles. The SMILES string of the molecule is COC(=O)c1ccc(Nc2ccc(NC(=O)C3CC3)cc2)cc1. The summed E-state index contributed by atoms with van der Waals surface area (Å²) in [6, 6.07) is 14.6. The van der Waals surface area contributed by atoms with E-state index in [4.69, 9.17) is 0 Å². The number of ether oxygens (including phenoxy) is 1. The summed E-state index contributed by atoms with van der Waals surface area (Å²) >= 11 is 0. The Hall–Kier alpha value is -2.82. The van der Waals surface area contributed by atoms with Crippen molar-refractivity contribution in [2.75, 3.05) is 17.7 Å². The van der Waals surface area contributed by atoms with Gasteiger partial charge in [0.25, 0.3) is 0 Å². The van der Waals surface area contributed by atoms with Gasteiger partial charge in [0.1, 0.15) is 0 Å². The summed E-state index contributed by atoms with van der Waals surface area (Å²) in [5.41, 5.74) is 3.08. The van der Waals surface area contributed by atoms with Crippen LogP contribution in [0.1, 0.15) is 23.2 Å². The number of amides is 1. The van der Waals surface area contributed by atoms with Gasteiger partial charge in [0, 0.05) is 23.0 Å². The topological polar surface area (TPSA) is 67.4 Å². The van der Waals surface area contributed by atoms with Crippen LogP contribution in [0.5, 0.6) is 0 Å². The third kappa shape index (κ3) is 3.88. The fourth-order valence-corrected chi connectivity index (χ4v) is 2.20. The minimum atomic E-state index is -0.354. The molecule has 1 aliphatic carbocycles. The standard InChI is InChI=1S/C18H18N2O3/c1-23-18(22)13-4-6-14(7-5-13)19-15-8-10-16(11-9-15)20-17(21)12-2-3-12/h4-12,19H,2-3H2,1H3,(H,20,21). The molecule has 0 unspecified atom stereocenters. The van der Waals surface area contributed by atoms with E-state index in [9.17, 15) is 9.59 Å². The normalized spacial score (nSPS) is 13.3. The molecule has 23 heavy (non-hydrogen) atoms. The predicted octanol–water partition coefficient (Wildman–Crippen LogP) is 3.57. The van der Waals surface area contributed by atoms with Crippen molar-refractivity contribution in [3.8, 4) is 0 Å². The van der Waals surface area contributed by atoms with Gasteiger partial charge in [-0.3, -0.25) is 4.79 Å². The maximum absolute atomic E-state index is 11.7. The smallest absolute Gasteiger partial charge is 0.337 e. The van der Waals surface area contributed by atoms with E-state index in [1.54, 1.807) is 12.1 Å². The number of rotatable bonds is 5. The van der Waals surface area contributed by atoms with Gasteiger partial charge in [-0.15, -0.1) is 0 Å². The van der Waals surface area contributed by atoms with Crippen LogP contribution >= 0.6 is 0 Å². The minimum absolute atomic E-state index is 0.101. The molecule has 2 aromatic carbocycles. The maximum Gasteiger partial charge on any atom is 0.337 e. The molecule has 1 saturated carbocycles. The molecule has 1 aliphatic rings. The first kappa shape index (κ1) is 15.1. The van der Waals surface area contributed by atoms with Gasteiger partial charge in [-0.25, -0.2) is 4.79 Å². The number of carbonyl (C=O) groups excluding carboxylic acids is 2. The second-order valence-electron chi connectivity index (χ2n) is 5.53. The average molecular weight is 310 g/mol. The summed E-state index contributed by atoms with van der Waals surface area (Å²) in [6.07, 6.45) is 1.99. The van der Waals surface area contributed by atoms with Crippen molar-refractivity contribution in [1.82, 2.24) is 0 Å². The summed E-state index contributed by atoms with van der Waals surface area (Å²) in [7, 11) is 1.36. The largest absolute Gasteiger partial charge is 0.465 e. The number of hydrogen-bond donors (Lipinski definition) is 2.